The van der Waals surface area contributed by atoms with Crippen molar-refractivity contribution in [3.05, 3.63) is 94.2 Å². The number of sulfonamides is 1. The summed E-state index contributed by atoms with van der Waals surface area (Å²) in [5.74, 6) is -1.69. The molecular formula is C27H28Cl2FN3O4S. The van der Waals surface area contributed by atoms with Crippen molar-refractivity contribution in [1.29, 1.82) is 0 Å². The van der Waals surface area contributed by atoms with E-state index in [-0.39, 0.29) is 27.7 Å². The summed E-state index contributed by atoms with van der Waals surface area (Å²) < 4.78 is 42.8. The van der Waals surface area contributed by atoms with E-state index in [0.29, 0.717) is 18.0 Å². The summed E-state index contributed by atoms with van der Waals surface area (Å²) >= 11 is 12.1. The van der Waals surface area contributed by atoms with Crippen molar-refractivity contribution in [2.45, 2.75) is 37.8 Å². The molecule has 3 rings (SSSR count). The van der Waals surface area contributed by atoms with Gasteiger partial charge in [0, 0.05) is 28.7 Å². The minimum Gasteiger partial charge on any atom is -0.354 e. The number of halogens is 3. The first-order chi connectivity index (χ1) is 18.0. The second kappa shape index (κ2) is 13.1. The molecule has 0 saturated heterocycles. The molecule has 0 unspecified atom stereocenters. The van der Waals surface area contributed by atoms with Gasteiger partial charge in [0.1, 0.15) is 18.4 Å². The lowest BCUT2D eigenvalue weighted by Gasteiger charge is -2.32. The molecule has 0 aliphatic rings. The topological polar surface area (TPSA) is 86.8 Å². The zero-order chi connectivity index (χ0) is 27.9. The van der Waals surface area contributed by atoms with Crippen molar-refractivity contribution in [1.82, 2.24) is 10.2 Å². The SMILES string of the molecule is CCCNC(=O)[C@H](C)N(Cc1ccccc1F)C(=O)CN(c1cccc(Cl)c1)S(=O)(=O)c1ccc(Cl)cc1. The highest BCUT2D eigenvalue weighted by Crippen LogP contribution is 2.27. The largest absolute Gasteiger partial charge is 0.354 e. The van der Waals surface area contributed by atoms with Gasteiger partial charge in [0.15, 0.2) is 0 Å². The van der Waals surface area contributed by atoms with Crippen LogP contribution in [0.15, 0.2) is 77.7 Å². The lowest BCUT2D eigenvalue weighted by Crippen LogP contribution is -2.51. The summed E-state index contributed by atoms with van der Waals surface area (Å²) in [4.78, 5) is 27.6. The highest BCUT2D eigenvalue weighted by molar-refractivity contribution is 7.92. The van der Waals surface area contributed by atoms with Crippen LogP contribution in [0.1, 0.15) is 25.8 Å². The maximum absolute atomic E-state index is 14.5. The number of hydrogen-bond donors (Lipinski definition) is 1. The Balaban J connectivity index is 2.03. The van der Waals surface area contributed by atoms with E-state index in [4.69, 9.17) is 23.2 Å². The third-order valence-corrected chi connectivity index (χ3v) is 8.07. The van der Waals surface area contributed by atoms with Crippen LogP contribution in [0.4, 0.5) is 10.1 Å². The van der Waals surface area contributed by atoms with E-state index in [1.54, 1.807) is 18.2 Å². The Hall–Kier alpha value is -3.14. The first-order valence-electron chi connectivity index (χ1n) is 11.9. The van der Waals surface area contributed by atoms with Crippen LogP contribution in [0.3, 0.4) is 0 Å². The number of hydrogen-bond acceptors (Lipinski definition) is 4. The van der Waals surface area contributed by atoms with Gasteiger partial charge in [-0.05, 0) is 61.9 Å². The third-order valence-electron chi connectivity index (χ3n) is 5.79. The lowest BCUT2D eigenvalue weighted by molar-refractivity contribution is -0.139. The first kappa shape index (κ1) is 29.4. The normalized spacial score (nSPS) is 12.0. The molecular weight excluding hydrogens is 552 g/mol. The summed E-state index contributed by atoms with van der Waals surface area (Å²) in [5, 5.41) is 3.34. The minimum absolute atomic E-state index is 0.0935. The molecule has 0 aliphatic carbocycles. The summed E-state index contributed by atoms with van der Waals surface area (Å²) in [6.45, 7) is 2.89. The molecule has 0 aromatic heterocycles. The highest BCUT2D eigenvalue weighted by Gasteiger charge is 2.33. The van der Waals surface area contributed by atoms with Crippen molar-refractivity contribution < 1.29 is 22.4 Å². The zero-order valence-corrected chi connectivity index (χ0v) is 23.2. The van der Waals surface area contributed by atoms with Gasteiger partial charge < -0.3 is 10.2 Å². The van der Waals surface area contributed by atoms with Crippen LogP contribution in [-0.4, -0.2) is 44.3 Å². The molecule has 3 aromatic carbocycles. The minimum atomic E-state index is -4.26. The van der Waals surface area contributed by atoms with Gasteiger partial charge in [0.25, 0.3) is 10.0 Å². The fraction of sp³-hybridized carbons (Fsp3) is 0.259. The first-order valence-corrected chi connectivity index (χ1v) is 14.1. The van der Waals surface area contributed by atoms with Gasteiger partial charge in [-0.15, -0.1) is 0 Å². The second-order valence-corrected chi connectivity index (χ2v) is 11.3. The van der Waals surface area contributed by atoms with E-state index >= 15 is 0 Å². The number of amides is 2. The Morgan fingerprint density at radius 1 is 0.974 bits per heavy atom. The van der Waals surface area contributed by atoms with E-state index in [1.165, 1.54) is 66.4 Å². The molecule has 0 radical (unpaired) electrons. The monoisotopic (exact) mass is 579 g/mol. The summed E-state index contributed by atoms with van der Waals surface area (Å²) in [6.07, 6.45) is 0.682. The molecule has 202 valence electrons. The van der Waals surface area contributed by atoms with E-state index in [0.717, 1.165) is 4.31 Å². The van der Waals surface area contributed by atoms with E-state index in [1.807, 2.05) is 6.92 Å². The predicted molar refractivity (Wildman–Crippen MR) is 147 cm³/mol. The Bertz CT molecular complexity index is 1390. The van der Waals surface area contributed by atoms with Crippen molar-refractivity contribution in [2.75, 3.05) is 17.4 Å². The van der Waals surface area contributed by atoms with Gasteiger partial charge >= 0.3 is 0 Å². The average molecular weight is 581 g/mol. The van der Waals surface area contributed by atoms with Crippen LogP contribution in [0.25, 0.3) is 0 Å². The van der Waals surface area contributed by atoms with Crippen LogP contribution in [0.5, 0.6) is 0 Å². The van der Waals surface area contributed by atoms with Gasteiger partial charge in [-0.1, -0.05) is 54.4 Å². The second-order valence-electron chi connectivity index (χ2n) is 8.53. The van der Waals surface area contributed by atoms with Crippen LogP contribution in [0.2, 0.25) is 10.0 Å². The van der Waals surface area contributed by atoms with Crippen LogP contribution in [0, 0.1) is 5.82 Å². The number of nitrogens with one attached hydrogen (secondary N) is 1. The van der Waals surface area contributed by atoms with E-state index in [9.17, 15) is 22.4 Å². The molecule has 0 aliphatic heterocycles. The number of carbonyl (C=O) groups is 2. The Morgan fingerprint density at radius 3 is 2.29 bits per heavy atom. The van der Waals surface area contributed by atoms with Crippen molar-refractivity contribution >= 4 is 50.7 Å². The smallest absolute Gasteiger partial charge is 0.264 e. The number of benzene rings is 3. The lowest BCUT2D eigenvalue weighted by atomic mass is 10.1. The van der Waals surface area contributed by atoms with E-state index < -0.39 is 40.2 Å². The third kappa shape index (κ3) is 7.24. The number of anilines is 1. The predicted octanol–water partition coefficient (Wildman–Crippen LogP) is 5.27. The Morgan fingerprint density at radius 2 is 1.66 bits per heavy atom. The standard InChI is InChI=1S/C27H28Cl2FN3O4S/c1-3-15-31-27(35)19(2)32(17-20-7-4-5-10-25(20)30)26(34)18-33(23-9-6-8-22(29)16-23)38(36,37)24-13-11-21(28)12-14-24/h4-14,16,19H,3,15,17-18H2,1-2H3,(H,31,35)/t19-/m0/s1. The Kier molecular flexibility index (Phi) is 10.1. The summed E-state index contributed by atoms with van der Waals surface area (Å²) in [5.41, 5.74) is 0.334. The Labute approximate surface area is 232 Å². The van der Waals surface area contributed by atoms with Gasteiger partial charge in [0.2, 0.25) is 11.8 Å². The quantitative estimate of drug-likeness (QED) is 0.335. The fourth-order valence-electron chi connectivity index (χ4n) is 3.68. The molecule has 1 atom stereocenters. The number of carbonyl (C=O) groups excluding carboxylic acids is 2. The van der Waals surface area contributed by atoms with Crippen LogP contribution >= 0.6 is 23.2 Å². The molecule has 7 nitrogen and oxygen atoms in total. The molecule has 2 amide bonds. The molecule has 38 heavy (non-hydrogen) atoms. The molecule has 0 heterocycles. The molecule has 11 heteroatoms. The van der Waals surface area contributed by atoms with Gasteiger partial charge in [0.05, 0.1) is 10.6 Å². The van der Waals surface area contributed by atoms with Crippen LogP contribution < -0.4 is 9.62 Å². The summed E-state index contributed by atoms with van der Waals surface area (Å²) in [6, 6.07) is 16.5. The van der Waals surface area contributed by atoms with Gasteiger partial charge in [-0.2, -0.15) is 0 Å². The molecule has 0 saturated carbocycles. The molecule has 3 aromatic rings. The maximum Gasteiger partial charge on any atom is 0.264 e. The number of rotatable bonds is 11. The number of nitrogens with zero attached hydrogens (tertiary/aromatic N) is 2. The van der Waals surface area contributed by atoms with Crippen molar-refractivity contribution in [3.63, 3.8) is 0 Å². The van der Waals surface area contributed by atoms with Crippen LogP contribution in [-0.2, 0) is 26.2 Å². The maximum atomic E-state index is 14.5. The van der Waals surface area contributed by atoms with Gasteiger partial charge in [-0.3, -0.25) is 13.9 Å². The van der Waals surface area contributed by atoms with Crippen molar-refractivity contribution in [3.8, 4) is 0 Å². The molecule has 0 bridgehead atoms. The van der Waals surface area contributed by atoms with Crippen molar-refractivity contribution in [2.24, 2.45) is 0 Å². The zero-order valence-electron chi connectivity index (χ0n) is 20.9. The fourth-order valence-corrected chi connectivity index (χ4v) is 5.40. The molecule has 0 spiro atoms. The van der Waals surface area contributed by atoms with Gasteiger partial charge in [-0.25, -0.2) is 12.8 Å². The molecule has 1 N–H and O–H groups in total. The summed E-state index contributed by atoms with van der Waals surface area (Å²) in [7, 11) is -4.26. The molecule has 0 fully saturated rings. The van der Waals surface area contributed by atoms with E-state index in [2.05, 4.69) is 5.32 Å². The highest BCUT2D eigenvalue weighted by atomic mass is 35.5. The average Bonchev–Trinajstić information content (AvgIpc) is 2.89.